The SMILES string of the molecule is CC(C)(C)C(=O)CC(=O)OCC=N. The van der Waals surface area contributed by atoms with Crippen molar-refractivity contribution in [3.63, 3.8) is 0 Å². The van der Waals surface area contributed by atoms with E-state index in [4.69, 9.17) is 5.41 Å². The van der Waals surface area contributed by atoms with E-state index < -0.39 is 11.4 Å². The number of rotatable bonds is 4. The first-order valence-electron chi connectivity index (χ1n) is 4.06. The van der Waals surface area contributed by atoms with Gasteiger partial charge in [-0.1, -0.05) is 20.8 Å². The smallest absolute Gasteiger partial charge is 0.313 e. The fraction of sp³-hybridized carbons (Fsp3) is 0.667. The Morgan fingerprint density at radius 1 is 1.38 bits per heavy atom. The van der Waals surface area contributed by atoms with E-state index in [0.717, 1.165) is 6.21 Å². The molecule has 0 amide bonds. The van der Waals surface area contributed by atoms with Crippen LogP contribution in [0, 0.1) is 10.8 Å². The molecule has 0 aromatic heterocycles. The van der Waals surface area contributed by atoms with E-state index in [1.807, 2.05) is 0 Å². The second-order valence-electron chi connectivity index (χ2n) is 3.74. The molecule has 0 saturated carbocycles. The molecule has 74 valence electrons. The van der Waals surface area contributed by atoms with Gasteiger partial charge in [0.05, 0.1) is 0 Å². The Balaban J connectivity index is 3.93. The van der Waals surface area contributed by atoms with Crippen LogP contribution in [0.25, 0.3) is 0 Å². The normalized spacial score (nSPS) is 10.7. The molecule has 0 aliphatic rings. The molecule has 0 aliphatic carbocycles. The molecule has 0 aromatic rings. The second-order valence-corrected chi connectivity index (χ2v) is 3.74. The molecule has 4 heteroatoms. The number of esters is 1. The van der Waals surface area contributed by atoms with Crippen LogP contribution in [0.5, 0.6) is 0 Å². The summed E-state index contributed by atoms with van der Waals surface area (Å²) in [4.78, 5) is 22.2. The topological polar surface area (TPSA) is 67.2 Å². The van der Waals surface area contributed by atoms with Gasteiger partial charge in [-0.05, 0) is 0 Å². The highest BCUT2D eigenvalue weighted by molar-refractivity contribution is 5.98. The Kier molecular flexibility index (Phi) is 4.31. The summed E-state index contributed by atoms with van der Waals surface area (Å²) in [5.74, 6) is -0.717. The molecule has 0 atom stereocenters. The Morgan fingerprint density at radius 3 is 2.31 bits per heavy atom. The highest BCUT2D eigenvalue weighted by Crippen LogP contribution is 2.16. The highest BCUT2D eigenvalue weighted by atomic mass is 16.5. The Bertz CT molecular complexity index is 215. The first-order chi connectivity index (χ1) is 5.88. The number of Topliss-reactive ketones (excluding diaryl/α,β-unsaturated/α-hetero) is 1. The summed E-state index contributed by atoms with van der Waals surface area (Å²) in [6.45, 7) is 5.19. The van der Waals surface area contributed by atoms with Crippen molar-refractivity contribution < 1.29 is 14.3 Å². The van der Waals surface area contributed by atoms with Gasteiger partial charge in [0.15, 0.2) is 0 Å². The van der Waals surface area contributed by atoms with Gasteiger partial charge in [0.2, 0.25) is 0 Å². The molecule has 0 radical (unpaired) electrons. The van der Waals surface area contributed by atoms with E-state index in [1.54, 1.807) is 20.8 Å². The molecule has 13 heavy (non-hydrogen) atoms. The van der Waals surface area contributed by atoms with Gasteiger partial charge in [-0.15, -0.1) is 0 Å². The number of carbonyl (C=O) groups excluding carboxylic acids is 2. The summed E-state index contributed by atoms with van der Waals surface area (Å²) in [6, 6.07) is 0. The van der Waals surface area contributed by atoms with Crippen LogP contribution in [0.1, 0.15) is 27.2 Å². The molecule has 4 nitrogen and oxygen atoms in total. The van der Waals surface area contributed by atoms with Crippen LogP contribution in [-0.2, 0) is 14.3 Å². The minimum Gasteiger partial charge on any atom is -0.460 e. The maximum absolute atomic E-state index is 11.3. The summed E-state index contributed by atoms with van der Waals surface area (Å²) in [6.07, 6.45) is 0.761. The average molecular weight is 185 g/mol. The molecule has 0 spiro atoms. The zero-order chi connectivity index (χ0) is 10.5. The zero-order valence-corrected chi connectivity index (χ0v) is 8.22. The first kappa shape index (κ1) is 11.8. The second kappa shape index (κ2) is 4.74. The van der Waals surface area contributed by atoms with Gasteiger partial charge < -0.3 is 10.1 Å². The number of hydrogen-bond donors (Lipinski definition) is 1. The van der Waals surface area contributed by atoms with E-state index in [-0.39, 0.29) is 18.8 Å². The lowest BCUT2D eigenvalue weighted by Crippen LogP contribution is -2.24. The summed E-state index contributed by atoms with van der Waals surface area (Å²) in [5.41, 5.74) is -0.510. The monoisotopic (exact) mass is 185 g/mol. The Hall–Kier alpha value is -1.19. The van der Waals surface area contributed by atoms with E-state index in [1.165, 1.54) is 0 Å². The predicted molar refractivity (Wildman–Crippen MR) is 48.8 cm³/mol. The molecule has 1 N–H and O–H groups in total. The molecule has 0 saturated heterocycles. The lowest BCUT2D eigenvalue weighted by Gasteiger charge is -2.15. The van der Waals surface area contributed by atoms with Crippen LogP contribution in [0.4, 0.5) is 0 Å². The predicted octanol–water partition coefficient (Wildman–Crippen LogP) is 1.18. The van der Waals surface area contributed by atoms with Gasteiger partial charge in [-0.2, -0.15) is 0 Å². The summed E-state index contributed by atoms with van der Waals surface area (Å²) in [7, 11) is 0. The number of nitrogens with one attached hydrogen (secondary N) is 1. The van der Waals surface area contributed by atoms with Crippen LogP contribution in [0.2, 0.25) is 0 Å². The van der Waals surface area contributed by atoms with E-state index in [9.17, 15) is 9.59 Å². The van der Waals surface area contributed by atoms with Crippen LogP contribution in [0.3, 0.4) is 0 Å². The summed E-state index contributed by atoms with van der Waals surface area (Å²) in [5, 5.41) is 6.61. The van der Waals surface area contributed by atoms with Gasteiger partial charge in [0.25, 0.3) is 0 Å². The van der Waals surface area contributed by atoms with Crippen LogP contribution < -0.4 is 0 Å². The number of ether oxygens (including phenoxy) is 1. The van der Waals surface area contributed by atoms with Gasteiger partial charge in [-0.3, -0.25) is 9.59 Å². The lowest BCUT2D eigenvalue weighted by molar-refractivity contribution is -0.146. The third-order valence-corrected chi connectivity index (χ3v) is 1.47. The number of ketones is 1. The van der Waals surface area contributed by atoms with Crippen molar-refractivity contribution in [3.05, 3.63) is 0 Å². The molecule has 0 heterocycles. The average Bonchev–Trinajstić information content (AvgIpc) is 1.99. The van der Waals surface area contributed by atoms with Gasteiger partial charge >= 0.3 is 5.97 Å². The quantitative estimate of drug-likeness (QED) is 0.406. The summed E-state index contributed by atoms with van der Waals surface area (Å²) >= 11 is 0. The van der Waals surface area contributed by atoms with Gasteiger partial charge in [-0.25, -0.2) is 0 Å². The maximum atomic E-state index is 11.3. The Morgan fingerprint density at radius 2 is 1.92 bits per heavy atom. The molecule has 0 unspecified atom stereocenters. The van der Waals surface area contributed by atoms with Crippen LogP contribution in [-0.4, -0.2) is 24.6 Å². The van der Waals surface area contributed by atoms with Crippen molar-refractivity contribution >= 4 is 18.0 Å². The van der Waals surface area contributed by atoms with E-state index in [0.29, 0.717) is 0 Å². The van der Waals surface area contributed by atoms with Crippen LogP contribution in [0.15, 0.2) is 0 Å². The van der Waals surface area contributed by atoms with Crippen molar-refractivity contribution in [1.29, 1.82) is 5.41 Å². The molecule has 0 bridgehead atoms. The lowest BCUT2D eigenvalue weighted by atomic mass is 9.89. The van der Waals surface area contributed by atoms with Crippen LogP contribution >= 0.6 is 0 Å². The van der Waals surface area contributed by atoms with Gasteiger partial charge in [0, 0.05) is 11.6 Å². The standard InChI is InChI=1S/C9H15NO3/c1-9(2,3)7(11)6-8(12)13-5-4-10/h4,10H,5-6H2,1-3H3. The number of carbonyl (C=O) groups is 2. The molecule has 0 aromatic carbocycles. The number of hydrogen-bond acceptors (Lipinski definition) is 4. The zero-order valence-electron chi connectivity index (χ0n) is 8.22. The molecular formula is C9H15NO3. The van der Waals surface area contributed by atoms with E-state index >= 15 is 0 Å². The molecule has 0 rings (SSSR count). The summed E-state index contributed by atoms with van der Waals surface area (Å²) < 4.78 is 4.55. The van der Waals surface area contributed by atoms with Crippen molar-refractivity contribution in [3.8, 4) is 0 Å². The molecule has 0 fully saturated rings. The largest absolute Gasteiger partial charge is 0.460 e. The van der Waals surface area contributed by atoms with Crippen molar-refractivity contribution in [1.82, 2.24) is 0 Å². The third-order valence-electron chi connectivity index (χ3n) is 1.47. The molecule has 0 aliphatic heterocycles. The van der Waals surface area contributed by atoms with Gasteiger partial charge in [0.1, 0.15) is 18.8 Å². The minimum absolute atomic E-state index is 0.0593. The third kappa shape index (κ3) is 5.11. The van der Waals surface area contributed by atoms with Crippen molar-refractivity contribution in [2.75, 3.05) is 6.61 Å². The Labute approximate surface area is 77.8 Å². The minimum atomic E-state index is -0.566. The fourth-order valence-electron chi connectivity index (χ4n) is 0.582. The highest BCUT2D eigenvalue weighted by Gasteiger charge is 2.23. The van der Waals surface area contributed by atoms with Crippen molar-refractivity contribution in [2.24, 2.45) is 5.41 Å². The fourth-order valence-corrected chi connectivity index (χ4v) is 0.582. The van der Waals surface area contributed by atoms with Crippen molar-refractivity contribution in [2.45, 2.75) is 27.2 Å². The maximum Gasteiger partial charge on any atom is 0.313 e. The van der Waals surface area contributed by atoms with E-state index in [2.05, 4.69) is 4.74 Å². The first-order valence-corrected chi connectivity index (χ1v) is 4.06. The molecular weight excluding hydrogens is 170 g/mol.